The van der Waals surface area contributed by atoms with Crippen molar-refractivity contribution in [2.75, 3.05) is 4.90 Å². The zero-order chi connectivity index (χ0) is 25.2. The molecule has 0 aromatic heterocycles. The third-order valence-electron chi connectivity index (χ3n) is 6.37. The number of aryl methyl sites for hydroxylation is 1. The summed E-state index contributed by atoms with van der Waals surface area (Å²) in [4.78, 5) is 15.2. The van der Waals surface area contributed by atoms with Gasteiger partial charge >= 0.3 is 0 Å². The number of halogens is 1. The monoisotopic (exact) mass is 485 g/mol. The standard InChI is InChI=1S/C30H32FNO2Si/c1-21-5-9-24(10-6-21)29-27(17-18-28(33)23-11-13-25(31)14-12-23)30(34)32(29)26-15-7-22(8-16-26)19-20-35(2,3)4/h5-16,27-29,33H,17-18H2,1-4H3/t27-,28+,29-/m1/s1. The van der Waals surface area contributed by atoms with Crippen molar-refractivity contribution in [2.45, 2.75) is 51.6 Å². The van der Waals surface area contributed by atoms with Gasteiger partial charge in [-0.25, -0.2) is 4.39 Å². The maximum Gasteiger partial charge on any atom is 0.233 e. The molecule has 5 heteroatoms. The highest BCUT2D eigenvalue weighted by molar-refractivity contribution is 6.83. The number of β-lactam (4-membered cyclic amide) rings is 1. The third-order valence-corrected chi connectivity index (χ3v) is 7.24. The molecule has 4 rings (SSSR count). The van der Waals surface area contributed by atoms with Gasteiger partial charge in [-0.05, 0) is 67.3 Å². The van der Waals surface area contributed by atoms with Gasteiger partial charge in [-0.15, -0.1) is 5.54 Å². The summed E-state index contributed by atoms with van der Waals surface area (Å²) in [7, 11) is -1.46. The molecule has 3 aromatic carbocycles. The van der Waals surface area contributed by atoms with E-state index in [2.05, 4.69) is 55.4 Å². The first-order valence-electron chi connectivity index (χ1n) is 12.1. The van der Waals surface area contributed by atoms with Crippen LogP contribution in [0.25, 0.3) is 0 Å². The number of benzene rings is 3. The second kappa shape index (κ2) is 10.2. The van der Waals surface area contributed by atoms with Gasteiger partial charge in [0.05, 0.1) is 18.1 Å². The fourth-order valence-electron chi connectivity index (χ4n) is 4.42. The van der Waals surface area contributed by atoms with Crippen LogP contribution in [0.4, 0.5) is 10.1 Å². The predicted molar refractivity (Wildman–Crippen MR) is 142 cm³/mol. The fraction of sp³-hybridized carbons (Fsp3) is 0.300. The molecule has 1 fully saturated rings. The maximum absolute atomic E-state index is 13.3. The second-order valence-electron chi connectivity index (χ2n) is 10.4. The third kappa shape index (κ3) is 5.90. The summed E-state index contributed by atoms with van der Waals surface area (Å²) < 4.78 is 13.2. The molecule has 1 aliphatic rings. The Morgan fingerprint density at radius 2 is 1.60 bits per heavy atom. The van der Waals surface area contributed by atoms with Crippen LogP contribution < -0.4 is 4.90 Å². The molecule has 0 bridgehead atoms. The highest BCUT2D eigenvalue weighted by Crippen LogP contribution is 2.46. The summed E-state index contributed by atoms with van der Waals surface area (Å²) in [6, 6.07) is 22.0. The molecular weight excluding hydrogens is 453 g/mol. The predicted octanol–water partition coefficient (Wildman–Crippen LogP) is 6.58. The molecule has 0 aliphatic carbocycles. The number of carbonyl (C=O) groups is 1. The van der Waals surface area contributed by atoms with Gasteiger partial charge in [0, 0.05) is 11.3 Å². The minimum atomic E-state index is -1.46. The van der Waals surface area contributed by atoms with Crippen LogP contribution in [0.2, 0.25) is 19.6 Å². The summed E-state index contributed by atoms with van der Waals surface area (Å²) in [5.41, 5.74) is 8.10. The summed E-state index contributed by atoms with van der Waals surface area (Å²) in [6.07, 6.45) is 0.246. The lowest BCUT2D eigenvalue weighted by atomic mass is 9.78. The first-order valence-corrected chi connectivity index (χ1v) is 15.6. The number of anilines is 1. The summed E-state index contributed by atoms with van der Waals surface area (Å²) >= 11 is 0. The topological polar surface area (TPSA) is 40.5 Å². The molecule has 0 unspecified atom stereocenters. The van der Waals surface area contributed by atoms with Crippen LogP contribution in [0.15, 0.2) is 72.8 Å². The van der Waals surface area contributed by atoms with E-state index in [-0.39, 0.29) is 23.7 Å². The van der Waals surface area contributed by atoms with Gasteiger partial charge in [0.1, 0.15) is 13.9 Å². The number of aliphatic hydroxyl groups is 1. The van der Waals surface area contributed by atoms with Crippen molar-refractivity contribution in [3.63, 3.8) is 0 Å². The van der Waals surface area contributed by atoms with Gasteiger partial charge < -0.3 is 10.0 Å². The largest absolute Gasteiger partial charge is 0.388 e. The second-order valence-corrected chi connectivity index (χ2v) is 15.1. The summed E-state index contributed by atoms with van der Waals surface area (Å²) in [5.74, 6) is 2.77. The quantitative estimate of drug-likeness (QED) is 0.243. The molecular formula is C30H32FNO2Si. The Bertz CT molecular complexity index is 1240. The SMILES string of the molecule is Cc1ccc([C@@H]2[C@@H](CC[C@H](O)c3ccc(F)cc3)C(=O)N2c2ccc(C#C[Si](C)(C)C)cc2)cc1. The van der Waals surface area contributed by atoms with Gasteiger partial charge in [0.2, 0.25) is 5.91 Å². The molecule has 1 saturated heterocycles. The minimum Gasteiger partial charge on any atom is -0.388 e. The van der Waals surface area contributed by atoms with Gasteiger partial charge in [-0.1, -0.05) is 67.5 Å². The Labute approximate surface area is 208 Å². The van der Waals surface area contributed by atoms with Crippen LogP contribution in [-0.2, 0) is 4.79 Å². The van der Waals surface area contributed by atoms with E-state index in [1.807, 2.05) is 36.1 Å². The number of carbonyl (C=O) groups excluding carboxylic acids is 1. The van der Waals surface area contributed by atoms with Crippen molar-refractivity contribution in [3.05, 3.63) is 101 Å². The van der Waals surface area contributed by atoms with E-state index in [1.54, 1.807) is 12.1 Å². The average molecular weight is 486 g/mol. The van der Waals surface area contributed by atoms with E-state index in [9.17, 15) is 14.3 Å². The van der Waals surface area contributed by atoms with Crippen LogP contribution in [0.5, 0.6) is 0 Å². The molecule has 1 N–H and O–H groups in total. The van der Waals surface area contributed by atoms with E-state index in [0.717, 1.165) is 16.8 Å². The molecule has 1 aliphatic heterocycles. The van der Waals surface area contributed by atoms with Crippen LogP contribution in [0, 0.1) is 30.1 Å². The smallest absolute Gasteiger partial charge is 0.233 e. The molecule has 0 spiro atoms. The molecule has 3 nitrogen and oxygen atoms in total. The lowest BCUT2D eigenvalue weighted by Gasteiger charge is -2.48. The van der Waals surface area contributed by atoms with Crippen molar-refractivity contribution in [2.24, 2.45) is 5.92 Å². The van der Waals surface area contributed by atoms with Gasteiger partial charge in [0.25, 0.3) is 0 Å². The first kappa shape index (κ1) is 24.9. The average Bonchev–Trinajstić information content (AvgIpc) is 2.82. The molecule has 3 atom stereocenters. The van der Waals surface area contributed by atoms with E-state index in [4.69, 9.17) is 0 Å². The summed E-state index contributed by atoms with van der Waals surface area (Å²) in [6.45, 7) is 8.69. The van der Waals surface area contributed by atoms with Gasteiger partial charge in [-0.2, -0.15) is 0 Å². The number of nitrogens with zero attached hydrogens (tertiary/aromatic N) is 1. The van der Waals surface area contributed by atoms with Crippen molar-refractivity contribution in [3.8, 4) is 11.5 Å². The Balaban J connectivity index is 1.54. The molecule has 0 radical (unpaired) electrons. The number of aliphatic hydroxyl groups excluding tert-OH is 1. The first-order chi connectivity index (χ1) is 16.6. The number of hydrogen-bond acceptors (Lipinski definition) is 2. The van der Waals surface area contributed by atoms with Crippen LogP contribution in [0.3, 0.4) is 0 Å². The fourth-order valence-corrected chi connectivity index (χ4v) is 4.94. The number of rotatable bonds is 6. The molecule has 180 valence electrons. The molecule has 1 amide bonds. The highest BCUT2D eigenvalue weighted by Gasteiger charge is 2.48. The lowest BCUT2D eigenvalue weighted by Crippen LogP contribution is -2.55. The minimum absolute atomic E-state index is 0.0582. The Hall–Kier alpha value is -3.20. The summed E-state index contributed by atoms with van der Waals surface area (Å²) in [5, 5.41) is 10.6. The van der Waals surface area contributed by atoms with Crippen LogP contribution in [-0.4, -0.2) is 19.1 Å². The molecule has 0 saturated carbocycles. The normalized spacial score (nSPS) is 18.5. The molecule has 1 heterocycles. The molecule has 35 heavy (non-hydrogen) atoms. The van der Waals surface area contributed by atoms with E-state index >= 15 is 0 Å². The Morgan fingerprint density at radius 3 is 2.20 bits per heavy atom. The number of amides is 1. The molecule has 3 aromatic rings. The van der Waals surface area contributed by atoms with Gasteiger partial charge in [-0.3, -0.25) is 4.79 Å². The van der Waals surface area contributed by atoms with E-state index < -0.39 is 14.2 Å². The van der Waals surface area contributed by atoms with Crippen molar-refractivity contribution < 1.29 is 14.3 Å². The van der Waals surface area contributed by atoms with Gasteiger partial charge in [0.15, 0.2) is 0 Å². The maximum atomic E-state index is 13.3. The van der Waals surface area contributed by atoms with E-state index in [0.29, 0.717) is 18.4 Å². The van der Waals surface area contributed by atoms with Crippen LogP contribution in [0.1, 0.15) is 47.2 Å². The highest BCUT2D eigenvalue weighted by atomic mass is 28.3. The van der Waals surface area contributed by atoms with Crippen molar-refractivity contribution in [1.29, 1.82) is 0 Å². The van der Waals surface area contributed by atoms with Crippen molar-refractivity contribution >= 4 is 19.7 Å². The zero-order valence-corrected chi connectivity index (χ0v) is 21.8. The Morgan fingerprint density at radius 1 is 0.971 bits per heavy atom. The zero-order valence-electron chi connectivity index (χ0n) is 20.8. The number of hydrogen-bond donors (Lipinski definition) is 1. The van der Waals surface area contributed by atoms with E-state index in [1.165, 1.54) is 17.7 Å². The van der Waals surface area contributed by atoms with Crippen molar-refractivity contribution in [1.82, 2.24) is 0 Å². The lowest BCUT2D eigenvalue weighted by molar-refractivity contribution is -0.131. The Kier molecular flexibility index (Phi) is 7.25. The van der Waals surface area contributed by atoms with Crippen LogP contribution >= 0.6 is 0 Å².